The van der Waals surface area contributed by atoms with Crippen molar-refractivity contribution in [2.75, 3.05) is 7.05 Å². The fourth-order valence-electron chi connectivity index (χ4n) is 3.48. The molecule has 4 heteroatoms. The molecule has 2 fully saturated rings. The van der Waals surface area contributed by atoms with Gasteiger partial charge >= 0.3 is 0 Å². The van der Waals surface area contributed by atoms with Gasteiger partial charge in [0, 0.05) is 37.6 Å². The summed E-state index contributed by atoms with van der Waals surface area (Å²) in [6, 6.07) is 2.26. The molecule has 0 amide bonds. The largest absolute Gasteiger partial charge is 0.337 e. The lowest BCUT2D eigenvalue weighted by Gasteiger charge is -2.38. The van der Waals surface area contributed by atoms with Gasteiger partial charge in [-0.25, -0.2) is 4.98 Å². The molecule has 4 nitrogen and oxygen atoms in total. The van der Waals surface area contributed by atoms with Gasteiger partial charge in [-0.2, -0.15) is 0 Å². The van der Waals surface area contributed by atoms with Crippen LogP contribution in [0, 0.1) is 0 Å². The number of aromatic nitrogens is 2. The van der Waals surface area contributed by atoms with Crippen LogP contribution in [0.4, 0.5) is 0 Å². The summed E-state index contributed by atoms with van der Waals surface area (Å²) in [7, 11) is 4.18. The van der Waals surface area contributed by atoms with E-state index in [-0.39, 0.29) is 0 Å². The molecule has 1 aromatic rings. The zero-order chi connectivity index (χ0) is 11.8. The Morgan fingerprint density at radius 2 is 2.06 bits per heavy atom. The average molecular weight is 234 g/mol. The lowest BCUT2D eigenvalue weighted by Crippen LogP contribution is -2.48. The van der Waals surface area contributed by atoms with Crippen LogP contribution in [0.1, 0.15) is 31.5 Å². The van der Waals surface area contributed by atoms with E-state index in [0.717, 1.165) is 24.7 Å². The van der Waals surface area contributed by atoms with E-state index in [2.05, 4.69) is 33.9 Å². The van der Waals surface area contributed by atoms with E-state index >= 15 is 0 Å². The van der Waals surface area contributed by atoms with Gasteiger partial charge in [-0.1, -0.05) is 0 Å². The summed E-state index contributed by atoms with van der Waals surface area (Å²) in [6.45, 7) is 1.02. The molecule has 1 N–H and O–H groups in total. The molecule has 0 aromatic carbocycles. The highest BCUT2D eigenvalue weighted by atomic mass is 15.3. The van der Waals surface area contributed by atoms with Crippen molar-refractivity contribution in [1.29, 1.82) is 0 Å². The second kappa shape index (κ2) is 4.42. The number of aryl methyl sites for hydroxylation is 1. The van der Waals surface area contributed by atoms with Gasteiger partial charge in [-0.05, 0) is 32.7 Å². The van der Waals surface area contributed by atoms with Crippen molar-refractivity contribution in [3.63, 3.8) is 0 Å². The SMILES string of the molecule is CNC1CC2CCC(C1)N2Cc1nccn1C. The first-order valence-corrected chi connectivity index (χ1v) is 6.67. The highest BCUT2D eigenvalue weighted by Crippen LogP contribution is 2.36. The van der Waals surface area contributed by atoms with Crippen molar-refractivity contribution in [3.05, 3.63) is 18.2 Å². The Morgan fingerprint density at radius 1 is 1.35 bits per heavy atom. The Morgan fingerprint density at radius 3 is 2.59 bits per heavy atom. The van der Waals surface area contributed by atoms with Gasteiger partial charge in [0.05, 0.1) is 6.54 Å². The standard InChI is InChI=1S/C13H22N4/c1-14-10-7-11-3-4-12(8-10)17(11)9-13-15-5-6-16(13)2/h5-6,10-12,14H,3-4,7-9H2,1-2H3. The molecule has 2 aliphatic heterocycles. The molecular formula is C13H22N4. The summed E-state index contributed by atoms with van der Waals surface area (Å²) < 4.78 is 2.14. The zero-order valence-corrected chi connectivity index (χ0v) is 10.8. The van der Waals surface area contributed by atoms with E-state index in [1.165, 1.54) is 31.5 Å². The van der Waals surface area contributed by atoms with Crippen molar-refractivity contribution in [2.45, 2.75) is 50.4 Å². The molecule has 0 radical (unpaired) electrons. The van der Waals surface area contributed by atoms with E-state index in [1.807, 2.05) is 12.4 Å². The van der Waals surface area contributed by atoms with E-state index in [4.69, 9.17) is 0 Å². The van der Waals surface area contributed by atoms with E-state index in [0.29, 0.717) is 0 Å². The van der Waals surface area contributed by atoms with E-state index < -0.39 is 0 Å². The van der Waals surface area contributed by atoms with Crippen molar-refractivity contribution < 1.29 is 0 Å². The maximum atomic E-state index is 4.45. The maximum absolute atomic E-state index is 4.45. The van der Waals surface area contributed by atoms with Gasteiger partial charge in [0.2, 0.25) is 0 Å². The number of rotatable bonds is 3. The van der Waals surface area contributed by atoms with Crippen LogP contribution in [0.3, 0.4) is 0 Å². The molecule has 17 heavy (non-hydrogen) atoms. The molecule has 2 aliphatic rings. The predicted molar refractivity (Wildman–Crippen MR) is 67.6 cm³/mol. The predicted octanol–water partition coefficient (Wildman–Crippen LogP) is 1.13. The Labute approximate surface area is 103 Å². The van der Waals surface area contributed by atoms with Crippen LogP contribution in [0.15, 0.2) is 12.4 Å². The van der Waals surface area contributed by atoms with Crippen molar-refractivity contribution in [1.82, 2.24) is 19.8 Å². The number of hydrogen-bond acceptors (Lipinski definition) is 3. The molecule has 2 unspecified atom stereocenters. The maximum Gasteiger partial charge on any atom is 0.122 e. The monoisotopic (exact) mass is 234 g/mol. The molecule has 3 heterocycles. The second-order valence-electron chi connectivity index (χ2n) is 5.47. The first kappa shape index (κ1) is 11.2. The molecule has 2 atom stereocenters. The van der Waals surface area contributed by atoms with Gasteiger partial charge in [0.1, 0.15) is 5.82 Å². The van der Waals surface area contributed by atoms with Crippen LogP contribution in [-0.2, 0) is 13.6 Å². The lowest BCUT2D eigenvalue weighted by atomic mass is 9.97. The molecule has 0 spiro atoms. The summed E-state index contributed by atoms with van der Waals surface area (Å²) in [4.78, 5) is 7.13. The number of imidazole rings is 1. The van der Waals surface area contributed by atoms with E-state index in [9.17, 15) is 0 Å². The van der Waals surface area contributed by atoms with Gasteiger partial charge < -0.3 is 9.88 Å². The minimum absolute atomic E-state index is 0.727. The van der Waals surface area contributed by atoms with Crippen LogP contribution in [0.25, 0.3) is 0 Å². The van der Waals surface area contributed by atoms with Crippen LogP contribution < -0.4 is 5.32 Å². The Balaban J connectivity index is 1.71. The number of fused-ring (bicyclic) bond motifs is 2. The fraction of sp³-hybridized carbons (Fsp3) is 0.769. The van der Waals surface area contributed by atoms with Gasteiger partial charge in [0.25, 0.3) is 0 Å². The number of nitrogens with zero attached hydrogens (tertiary/aromatic N) is 3. The highest BCUT2D eigenvalue weighted by molar-refractivity contribution is 5.00. The van der Waals surface area contributed by atoms with Crippen LogP contribution in [0.2, 0.25) is 0 Å². The summed E-state index contributed by atoms with van der Waals surface area (Å²) in [5, 5.41) is 3.45. The molecule has 2 bridgehead atoms. The minimum Gasteiger partial charge on any atom is -0.337 e. The quantitative estimate of drug-likeness (QED) is 0.851. The van der Waals surface area contributed by atoms with Crippen molar-refractivity contribution >= 4 is 0 Å². The third kappa shape index (κ3) is 2.00. The fourth-order valence-corrected chi connectivity index (χ4v) is 3.48. The van der Waals surface area contributed by atoms with Crippen LogP contribution in [-0.4, -0.2) is 39.6 Å². The zero-order valence-electron chi connectivity index (χ0n) is 10.8. The Hall–Kier alpha value is -0.870. The topological polar surface area (TPSA) is 33.1 Å². The summed E-state index contributed by atoms with van der Waals surface area (Å²) in [5.74, 6) is 1.20. The molecule has 0 aliphatic carbocycles. The Bertz CT molecular complexity index is 373. The first-order chi connectivity index (χ1) is 8.28. The van der Waals surface area contributed by atoms with Gasteiger partial charge in [0.15, 0.2) is 0 Å². The van der Waals surface area contributed by atoms with E-state index in [1.54, 1.807) is 0 Å². The molecule has 2 saturated heterocycles. The molecule has 3 rings (SSSR count). The average Bonchev–Trinajstić information content (AvgIpc) is 2.82. The van der Waals surface area contributed by atoms with Gasteiger partial charge in [-0.15, -0.1) is 0 Å². The number of piperidine rings is 1. The molecule has 1 aromatic heterocycles. The third-order valence-corrected chi connectivity index (χ3v) is 4.54. The normalized spacial score (nSPS) is 33.2. The third-order valence-electron chi connectivity index (χ3n) is 4.54. The molecular weight excluding hydrogens is 212 g/mol. The van der Waals surface area contributed by atoms with Crippen molar-refractivity contribution in [3.8, 4) is 0 Å². The lowest BCUT2D eigenvalue weighted by molar-refractivity contribution is 0.107. The van der Waals surface area contributed by atoms with Crippen molar-refractivity contribution in [2.24, 2.45) is 7.05 Å². The summed E-state index contributed by atoms with van der Waals surface area (Å²) in [6.07, 6.45) is 9.28. The smallest absolute Gasteiger partial charge is 0.122 e. The summed E-state index contributed by atoms with van der Waals surface area (Å²) in [5.41, 5.74) is 0. The number of nitrogens with one attached hydrogen (secondary N) is 1. The molecule has 0 saturated carbocycles. The van der Waals surface area contributed by atoms with Crippen LogP contribution >= 0.6 is 0 Å². The van der Waals surface area contributed by atoms with Crippen LogP contribution in [0.5, 0.6) is 0 Å². The number of hydrogen-bond donors (Lipinski definition) is 1. The Kier molecular flexibility index (Phi) is 2.92. The summed E-state index contributed by atoms with van der Waals surface area (Å²) >= 11 is 0. The minimum atomic E-state index is 0.727. The first-order valence-electron chi connectivity index (χ1n) is 6.67. The molecule has 94 valence electrons. The second-order valence-corrected chi connectivity index (χ2v) is 5.47. The van der Waals surface area contributed by atoms with Gasteiger partial charge in [-0.3, -0.25) is 4.90 Å². The highest BCUT2D eigenvalue weighted by Gasteiger charge is 2.40.